The number of phenols is 1. The van der Waals surface area contributed by atoms with Crippen LogP contribution in [0.5, 0.6) is 5.75 Å². The van der Waals surface area contributed by atoms with Crippen molar-refractivity contribution in [2.24, 2.45) is 0 Å². The maximum atomic E-state index is 9.20. The lowest BCUT2D eigenvalue weighted by atomic mass is 10.2. The minimum Gasteiger partial charge on any atom is -0.508 e. The van der Waals surface area contributed by atoms with Gasteiger partial charge in [-0.05, 0) is 36.2 Å². The lowest BCUT2D eigenvalue weighted by Gasteiger charge is -2.09. The Morgan fingerprint density at radius 1 is 1.11 bits per heavy atom. The molecule has 1 aromatic carbocycles. The van der Waals surface area contributed by atoms with Crippen LogP contribution in [0.4, 0.5) is 0 Å². The van der Waals surface area contributed by atoms with E-state index in [1.807, 2.05) is 12.1 Å². The molecule has 0 spiro atoms. The fourth-order valence-electron chi connectivity index (χ4n) is 2.02. The van der Waals surface area contributed by atoms with E-state index in [2.05, 4.69) is 35.1 Å². The van der Waals surface area contributed by atoms with Crippen LogP contribution >= 0.6 is 0 Å². The van der Waals surface area contributed by atoms with Crippen molar-refractivity contribution < 1.29 is 5.11 Å². The molecule has 3 nitrogen and oxygen atoms in total. The molecule has 18 heavy (non-hydrogen) atoms. The molecule has 2 rings (SSSR count). The van der Waals surface area contributed by atoms with Crippen LogP contribution in [0, 0.1) is 0 Å². The molecule has 0 radical (unpaired) electrons. The van der Waals surface area contributed by atoms with E-state index in [1.54, 1.807) is 12.1 Å². The largest absolute Gasteiger partial charge is 0.508 e. The van der Waals surface area contributed by atoms with Crippen LogP contribution in [0.25, 0.3) is 0 Å². The van der Waals surface area contributed by atoms with Gasteiger partial charge >= 0.3 is 0 Å². The molecule has 0 aliphatic heterocycles. The first-order valence-electron chi connectivity index (χ1n) is 6.42. The maximum absolute atomic E-state index is 9.20. The predicted molar refractivity (Wildman–Crippen MR) is 73.4 cm³/mol. The van der Waals surface area contributed by atoms with Crippen molar-refractivity contribution in [3.05, 3.63) is 53.9 Å². The van der Waals surface area contributed by atoms with Gasteiger partial charge in [0.1, 0.15) is 5.75 Å². The molecule has 2 N–H and O–H groups in total. The summed E-state index contributed by atoms with van der Waals surface area (Å²) in [5, 5.41) is 12.6. The van der Waals surface area contributed by atoms with Crippen LogP contribution in [0.15, 0.2) is 42.6 Å². The molecule has 0 atom stereocenters. The van der Waals surface area contributed by atoms with Crippen molar-refractivity contribution in [3.8, 4) is 5.75 Å². The molecule has 0 amide bonds. The normalized spacial score (nSPS) is 10.7. The molecule has 0 aliphatic carbocycles. The zero-order valence-corrected chi connectivity index (χ0v) is 10.8. The number of rotatable bonds is 6. The van der Waals surface area contributed by atoms with E-state index in [0.717, 1.165) is 26.1 Å². The molecule has 0 fully saturated rings. The second-order valence-electron chi connectivity index (χ2n) is 4.46. The zero-order chi connectivity index (χ0) is 12.8. The molecular formula is C15H20N2O. The van der Waals surface area contributed by atoms with Gasteiger partial charge in [0.15, 0.2) is 0 Å². The standard InChI is InChI=1S/C15H20N2O/c1-2-9-17-10-3-4-14(17)12-16-11-13-5-7-15(18)8-6-13/h3-8,10,16,18H,2,9,11-12H2,1H3. The summed E-state index contributed by atoms with van der Waals surface area (Å²) < 4.78 is 2.28. The van der Waals surface area contributed by atoms with Gasteiger partial charge in [0, 0.05) is 31.5 Å². The van der Waals surface area contributed by atoms with Gasteiger partial charge < -0.3 is 15.0 Å². The first-order chi connectivity index (χ1) is 8.79. The van der Waals surface area contributed by atoms with E-state index in [0.29, 0.717) is 5.75 Å². The van der Waals surface area contributed by atoms with Crippen LogP contribution in [0.1, 0.15) is 24.6 Å². The second-order valence-corrected chi connectivity index (χ2v) is 4.46. The van der Waals surface area contributed by atoms with Crippen molar-refractivity contribution >= 4 is 0 Å². The van der Waals surface area contributed by atoms with Crippen LogP contribution in [-0.4, -0.2) is 9.67 Å². The minimum absolute atomic E-state index is 0.315. The molecular weight excluding hydrogens is 224 g/mol. The fraction of sp³-hybridized carbons (Fsp3) is 0.333. The molecule has 0 bridgehead atoms. The van der Waals surface area contributed by atoms with E-state index in [1.165, 1.54) is 11.3 Å². The van der Waals surface area contributed by atoms with E-state index in [-0.39, 0.29) is 0 Å². The van der Waals surface area contributed by atoms with E-state index in [4.69, 9.17) is 0 Å². The lowest BCUT2D eigenvalue weighted by Crippen LogP contribution is -2.15. The second kappa shape index (κ2) is 6.26. The molecule has 0 saturated heterocycles. The van der Waals surface area contributed by atoms with Gasteiger partial charge in [-0.25, -0.2) is 0 Å². The fourth-order valence-corrected chi connectivity index (χ4v) is 2.02. The highest BCUT2D eigenvalue weighted by atomic mass is 16.3. The van der Waals surface area contributed by atoms with Gasteiger partial charge in [0.25, 0.3) is 0 Å². The number of nitrogens with zero attached hydrogens (tertiary/aromatic N) is 1. The summed E-state index contributed by atoms with van der Waals surface area (Å²) in [5.74, 6) is 0.315. The predicted octanol–water partition coefficient (Wildman–Crippen LogP) is 2.89. The van der Waals surface area contributed by atoms with Gasteiger partial charge in [-0.1, -0.05) is 19.1 Å². The number of hydrogen-bond acceptors (Lipinski definition) is 2. The number of benzene rings is 1. The molecule has 1 heterocycles. The van der Waals surface area contributed by atoms with E-state index in [9.17, 15) is 5.11 Å². The Bertz CT molecular complexity index is 473. The molecule has 0 saturated carbocycles. The number of nitrogens with one attached hydrogen (secondary N) is 1. The van der Waals surface area contributed by atoms with Gasteiger partial charge in [-0.3, -0.25) is 0 Å². The van der Waals surface area contributed by atoms with Crippen LogP contribution in [-0.2, 0) is 19.6 Å². The molecule has 2 aromatic rings. The monoisotopic (exact) mass is 244 g/mol. The number of aryl methyl sites for hydroxylation is 1. The molecule has 96 valence electrons. The molecule has 3 heteroatoms. The van der Waals surface area contributed by atoms with E-state index < -0.39 is 0 Å². The van der Waals surface area contributed by atoms with Gasteiger partial charge in [-0.15, -0.1) is 0 Å². The van der Waals surface area contributed by atoms with Gasteiger partial charge in [0.2, 0.25) is 0 Å². The Labute approximate surface area is 108 Å². The minimum atomic E-state index is 0.315. The molecule has 0 unspecified atom stereocenters. The van der Waals surface area contributed by atoms with Gasteiger partial charge in [-0.2, -0.15) is 0 Å². The highest BCUT2D eigenvalue weighted by Gasteiger charge is 1.99. The summed E-state index contributed by atoms with van der Waals surface area (Å²) in [4.78, 5) is 0. The first-order valence-corrected chi connectivity index (χ1v) is 6.42. The Hall–Kier alpha value is -1.74. The van der Waals surface area contributed by atoms with Crippen molar-refractivity contribution in [1.82, 2.24) is 9.88 Å². The average molecular weight is 244 g/mol. The summed E-state index contributed by atoms with van der Waals surface area (Å²) >= 11 is 0. The first kappa shape index (κ1) is 12.7. The maximum Gasteiger partial charge on any atom is 0.115 e. The molecule has 0 aliphatic rings. The van der Waals surface area contributed by atoms with Crippen LogP contribution in [0.2, 0.25) is 0 Å². The summed E-state index contributed by atoms with van der Waals surface area (Å²) in [6.45, 7) is 4.95. The van der Waals surface area contributed by atoms with Crippen molar-refractivity contribution in [2.75, 3.05) is 0 Å². The van der Waals surface area contributed by atoms with Gasteiger partial charge in [0.05, 0.1) is 0 Å². The third kappa shape index (κ3) is 3.37. The summed E-state index contributed by atoms with van der Waals surface area (Å²) in [7, 11) is 0. The quantitative estimate of drug-likeness (QED) is 0.820. The number of phenolic OH excluding ortho intramolecular Hbond substituents is 1. The summed E-state index contributed by atoms with van der Waals surface area (Å²) in [6.07, 6.45) is 3.28. The van der Waals surface area contributed by atoms with E-state index >= 15 is 0 Å². The van der Waals surface area contributed by atoms with Crippen molar-refractivity contribution in [1.29, 1.82) is 0 Å². The van der Waals surface area contributed by atoms with Crippen molar-refractivity contribution in [2.45, 2.75) is 33.0 Å². The number of aromatic nitrogens is 1. The number of aromatic hydroxyl groups is 1. The molecule has 1 aromatic heterocycles. The smallest absolute Gasteiger partial charge is 0.115 e. The third-order valence-corrected chi connectivity index (χ3v) is 2.96. The SMILES string of the molecule is CCCn1cccc1CNCc1ccc(O)cc1. The highest BCUT2D eigenvalue weighted by molar-refractivity contribution is 5.25. The lowest BCUT2D eigenvalue weighted by molar-refractivity contribution is 0.475. The van der Waals surface area contributed by atoms with Crippen LogP contribution in [0.3, 0.4) is 0 Å². The Balaban J connectivity index is 1.84. The Kier molecular flexibility index (Phi) is 4.42. The summed E-state index contributed by atoms with van der Waals surface area (Å²) in [5.41, 5.74) is 2.50. The third-order valence-electron chi connectivity index (χ3n) is 2.96. The Morgan fingerprint density at radius 2 is 1.89 bits per heavy atom. The summed E-state index contributed by atoms with van der Waals surface area (Å²) in [6, 6.07) is 11.6. The zero-order valence-electron chi connectivity index (χ0n) is 10.8. The topological polar surface area (TPSA) is 37.2 Å². The Morgan fingerprint density at radius 3 is 2.61 bits per heavy atom. The van der Waals surface area contributed by atoms with Crippen LogP contribution < -0.4 is 5.32 Å². The average Bonchev–Trinajstić information content (AvgIpc) is 2.80. The van der Waals surface area contributed by atoms with Crippen molar-refractivity contribution in [3.63, 3.8) is 0 Å². The highest BCUT2D eigenvalue weighted by Crippen LogP contribution is 2.09. The number of hydrogen-bond donors (Lipinski definition) is 2.